The van der Waals surface area contributed by atoms with Gasteiger partial charge in [-0.15, -0.1) is 0 Å². The number of aromatic nitrogens is 1. The summed E-state index contributed by atoms with van der Waals surface area (Å²) in [5, 5.41) is 0. The first-order valence-electron chi connectivity index (χ1n) is 9.16. The number of pyridine rings is 1. The van der Waals surface area contributed by atoms with Crippen molar-refractivity contribution < 1.29 is 23.5 Å². The Bertz CT molecular complexity index is 1050. The Hall–Kier alpha value is -3.87. The lowest BCUT2D eigenvalue weighted by molar-refractivity contribution is -0.145. The monoisotopic (exact) mass is 406 g/mol. The van der Waals surface area contributed by atoms with Crippen molar-refractivity contribution in [2.75, 3.05) is 13.6 Å². The highest BCUT2D eigenvalue weighted by atomic mass is 19.1. The van der Waals surface area contributed by atoms with E-state index in [1.807, 2.05) is 30.3 Å². The highest BCUT2D eigenvalue weighted by Gasteiger charge is 2.23. The fourth-order valence-corrected chi connectivity index (χ4v) is 2.75. The van der Waals surface area contributed by atoms with Crippen LogP contribution in [0.4, 0.5) is 4.39 Å². The van der Waals surface area contributed by atoms with Crippen molar-refractivity contribution >= 4 is 17.7 Å². The molecular weight excluding hydrogens is 387 g/mol. The van der Waals surface area contributed by atoms with Gasteiger partial charge in [-0.05, 0) is 42.0 Å². The molecule has 7 heteroatoms. The maximum Gasteiger partial charge on any atom is 0.325 e. The van der Waals surface area contributed by atoms with E-state index in [4.69, 9.17) is 4.74 Å². The summed E-state index contributed by atoms with van der Waals surface area (Å²) < 4.78 is 18.3. The SMILES string of the molecule is CN(CC(=O)OCc1ccccc1)C(=O)c1ncccc1C(=O)c1ccc(F)cc1. The van der Waals surface area contributed by atoms with Crippen LogP contribution < -0.4 is 0 Å². The maximum atomic E-state index is 13.1. The number of likely N-dealkylation sites (N-methyl/N-ethyl adjacent to an activating group) is 1. The van der Waals surface area contributed by atoms with Gasteiger partial charge in [0.15, 0.2) is 5.78 Å². The summed E-state index contributed by atoms with van der Waals surface area (Å²) in [6, 6.07) is 17.2. The highest BCUT2D eigenvalue weighted by molar-refractivity contribution is 6.14. The van der Waals surface area contributed by atoms with Crippen molar-refractivity contribution in [2.24, 2.45) is 0 Å². The molecule has 3 aromatic rings. The fourth-order valence-electron chi connectivity index (χ4n) is 2.75. The van der Waals surface area contributed by atoms with Gasteiger partial charge in [-0.3, -0.25) is 19.4 Å². The number of ether oxygens (including phenoxy) is 1. The number of amides is 1. The van der Waals surface area contributed by atoms with Gasteiger partial charge in [-0.2, -0.15) is 0 Å². The summed E-state index contributed by atoms with van der Waals surface area (Å²) in [6.07, 6.45) is 1.39. The van der Waals surface area contributed by atoms with Gasteiger partial charge in [0.05, 0.1) is 5.56 Å². The topological polar surface area (TPSA) is 76.6 Å². The lowest BCUT2D eigenvalue weighted by atomic mass is 10.0. The minimum absolute atomic E-state index is 0.0682. The number of hydrogen-bond donors (Lipinski definition) is 0. The third-order valence-corrected chi connectivity index (χ3v) is 4.32. The number of carbonyl (C=O) groups is 3. The van der Waals surface area contributed by atoms with Gasteiger partial charge in [0.1, 0.15) is 24.7 Å². The molecule has 0 radical (unpaired) electrons. The number of esters is 1. The standard InChI is InChI=1S/C23H19FN2O4/c1-26(14-20(27)30-15-16-6-3-2-4-7-16)23(29)21-19(8-5-13-25-21)22(28)17-9-11-18(24)12-10-17/h2-13H,14-15H2,1H3. The van der Waals surface area contributed by atoms with Gasteiger partial charge >= 0.3 is 5.97 Å². The number of benzene rings is 2. The van der Waals surface area contributed by atoms with E-state index < -0.39 is 23.5 Å². The Morgan fingerprint density at radius 3 is 2.37 bits per heavy atom. The molecule has 6 nitrogen and oxygen atoms in total. The van der Waals surface area contributed by atoms with E-state index in [2.05, 4.69) is 4.98 Å². The minimum atomic E-state index is -0.599. The van der Waals surface area contributed by atoms with Crippen molar-refractivity contribution in [3.63, 3.8) is 0 Å². The maximum absolute atomic E-state index is 13.1. The molecule has 1 amide bonds. The molecule has 1 aromatic heterocycles. The van der Waals surface area contributed by atoms with Crippen molar-refractivity contribution in [1.82, 2.24) is 9.88 Å². The van der Waals surface area contributed by atoms with Crippen LogP contribution >= 0.6 is 0 Å². The summed E-state index contributed by atoms with van der Waals surface area (Å²) in [7, 11) is 1.42. The van der Waals surface area contributed by atoms with Crippen molar-refractivity contribution in [2.45, 2.75) is 6.61 Å². The van der Waals surface area contributed by atoms with Crippen LogP contribution in [0.25, 0.3) is 0 Å². The Morgan fingerprint density at radius 2 is 1.67 bits per heavy atom. The van der Waals surface area contributed by atoms with Gasteiger partial charge in [0.25, 0.3) is 5.91 Å². The molecule has 0 N–H and O–H groups in total. The number of rotatable bonds is 7. The summed E-state index contributed by atoms with van der Waals surface area (Å²) in [4.78, 5) is 42.8. The van der Waals surface area contributed by atoms with Crippen LogP contribution in [0.1, 0.15) is 32.0 Å². The van der Waals surface area contributed by atoms with E-state index in [1.165, 1.54) is 49.6 Å². The van der Waals surface area contributed by atoms with Gasteiger partial charge < -0.3 is 9.64 Å². The Balaban J connectivity index is 1.69. The van der Waals surface area contributed by atoms with Crippen molar-refractivity contribution in [3.05, 3.63) is 101 Å². The number of ketones is 1. The predicted octanol–water partition coefficient (Wildman–Crippen LogP) is 3.27. The zero-order valence-electron chi connectivity index (χ0n) is 16.2. The van der Waals surface area contributed by atoms with Crippen LogP contribution in [-0.2, 0) is 16.1 Å². The van der Waals surface area contributed by atoms with Crippen LogP contribution in [-0.4, -0.2) is 41.1 Å². The second-order valence-electron chi connectivity index (χ2n) is 6.54. The average molecular weight is 406 g/mol. The summed E-state index contributed by atoms with van der Waals surface area (Å²) in [5.41, 5.74) is 1.03. The molecule has 0 spiro atoms. The molecule has 1 heterocycles. The Labute approximate surface area is 172 Å². The minimum Gasteiger partial charge on any atom is -0.459 e. The highest BCUT2D eigenvalue weighted by Crippen LogP contribution is 2.15. The molecule has 0 saturated heterocycles. The second kappa shape index (κ2) is 9.56. The first kappa shape index (κ1) is 20.9. The zero-order valence-corrected chi connectivity index (χ0v) is 16.2. The first-order chi connectivity index (χ1) is 14.5. The summed E-state index contributed by atoms with van der Waals surface area (Å²) >= 11 is 0. The molecular formula is C23H19FN2O4. The van der Waals surface area contributed by atoms with Crippen LogP contribution in [0.5, 0.6) is 0 Å². The molecule has 0 bridgehead atoms. The van der Waals surface area contributed by atoms with E-state index in [1.54, 1.807) is 0 Å². The lowest BCUT2D eigenvalue weighted by Gasteiger charge is -2.17. The van der Waals surface area contributed by atoms with E-state index in [0.717, 1.165) is 10.5 Å². The van der Waals surface area contributed by atoms with E-state index in [-0.39, 0.29) is 30.0 Å². The molecule has 2 aromatic carbocycles. The molecule has 3 rings (SSSR count). The molecule has 30 heavy (non-hydrogen) atoms. The van der Waals surface area contributed by atoms with Crippen LogP contribution in [0.15, 0.2) is 72.9 Å². The molecule has 0 fully saturated rings. The number of hydrogen-bond acceptors (Lipinski definition) is 5. The molecule has 0 unspecified atom stereocenters. The third kappa shape index (κ3) is 5.14. The molecule has 0 aliphatic rings. The predicted molar refractivity (Wildman–Crippen MR) is 107 cm³/mol. The summed E-state index contributed by atoms with van der Waals surface area (Å²) in [6.45, 7) is -0.202. The molecule has 0 aliphatic carbocycles. The Kier molecular flexibility index (Phi) is 6.64. The normalized spacial score (nSPS) is 10.3. The van der Waals surface area contributed by atoms with Gasteiger partial charge in [-0.1, -0.05) is 30.3 Å². The van der Waals surface area contributed by atoms with E-state index in [9.17, 15) is 18.8 Å². The van der Waals surface area contributed by atoms with Crippen LogP contribution in [0, 0.1) is 5.82 Å². The van der Waals surface area contributed by atoms with Crippen molar-refractivity contribution in [1.29, 1.82) is 0 Å². The van der Waals surface area contributed by atoms with E-state index in [0.29, 0.717) is 0 Å². The number of nitrogens with zero attached hydrogens (tertiary/aromatic N) is 2. The molecule has 0 aliphatic heterocycles. The second-order valence-corrected chi connectivity index (χ2v) is 6.54. The zero-order chi connectivity index (χ0) is 21.5. The van der Waals surface area contributed by atoms with Crippen LogP contribution in [0.3, 0.4) is 0 Å². The molecule has 0 saturated carbocycles. The largest absolute Gasteiger partial charge is 0.459 e. The average Bonchev–Trinajstić information content (AvgIpc) is 2.78. The van der Waals surface area contributed by atoms with E-state index >= 15 is 0 Å². The van der Waals surface area contributed by atoms with Gasteiger partial charge in [0, 0.05) is 18.8 Å². The molecule has 152 valence electrons. The van der Waals surface area contributed by atoms with Gasteiger partial charge in [0.2, 0.25) is 0 Å². The third-order valence-electron chi connectivity index (χ3n) is 4.32. The number of halogens is 1. The first-order valence-corrected chi connectivity index (χ1v) is 9.16. The lowest BCUT2D eigenvalue weighted by Crippen LogP contribution is -2.34. The molecule has 0 atom stereocenters. The fraction of sp³-hybridized carbons (Fsp3) is 0.130. The number of carbonyl (C=O) groups excluding carboxylic acids is 3. The van der Waals surface area contributed by atoms with Crippen LogP contribution in [0.2, 0.25) is 0 Å². The van der Waals surface area contributed by atoms with Crippen molar-refractivity contribution in [3.8, 4) is 0 Å². The smallest absolute Gasteiger partial charge is 0.325 e. The Morgan fingerprint density at radius 1 is 0.967 bits per heavy atom. The quantitative estimate of drug-likeness (QED) is 0.445. The summed E-state index contributed by atoms with van der Waals surface area (Å²) in [5.74, 6) is -2.12. The van der Waals surface area contributed by atoms with Gasteiger partial charge in [-0.25, -0.2) is 4.39 Å².